The second-order valence-corrected chi connectivity index (χ2v) is 7.32. The van der Waals surface area contributed by atoms with Crippen LogP contribution in [0.2, 0.25) is 0 Å². The lowest BCUT2D eigenvalue weighted by Gasteiger charge is -2.11. The van der Waals surface area contributed by atoms with E-state index in [0.717, 1.165) is 12.2 Å². The number of ether oxygens (including phenoxy) is 4. The Balaban J connectivity index is 0.00000363. The zero-order chi connectivity index (χ0) is 30.5. The molecule has 0 aliphatic heterocycles. The molecule has 0 bridgehead atoms. The fourth-order valence-electron chi connectivity index (χ4n) is 2.97. The molecule has 2 aromatic carbocycles. The molecule has 0 atom stereocenters. The van der Waals surface area contributed by atoms with Crippen molar-refractivity contribution in [1.82, 2.24) is 0 Å². The van der Waals surface area contributed by atoms with Gasteiger partial charge >= 0.3 is 23.9 Å². The Bertz CT molecular complexity index is 1070. The predicted molar refractivity (Wildman–Crippen MR) is 152 cm³/mol. The highest BCUT2D eigenvalue weighted by molar-refractivity contribution is 5.86. The molecule has 0 aromatic heterocycles. The second kappa shape index (κ2) is 20.4. The van der Waals surface area contributed by atoms with Gasteiger partial charge in [0, 0.05) is 25.0 Å². The number of carbonyl (C=O) groups is 4. The molecular formula is C30H38O10. The van der Waals surface area contributed by atoms with Crippen molar-refractivity contribution in [1.29, 1.82) is 0 Å². The lowest BCUT2D eigenvalue weighted by Crippen LogP contribution is -2.11. The number of benzene rings is 2. The fraction of sp³-hybridized carbons (Fsp3) is 0.333. The molecule has 218 valence electrons. The Hall–Kier alpha value is -4.60. The van der Waals surface area contributed by atoms with Gasteiger partial charge < -0.3 is 29.2 Å². The molecule has 0 aliphatic carbocycles. The number of aliphatic carboxylic acids is 2. The third-order valence-corrected chi connectivity index (χ3v) is 4.67. The number of unbranched alkanes of at least 4 members (excludes halogenated alkanes) is 1. The quantitative estimate of drug-likeness (QED) is 0.129. The standard InChI is InChI=1S/C26H26O10.2C2H6/c1-33-21-15-17(9-13-23(27)28)7-11-19(21)35-25(31)5-3-4-6-26(32)36-20-12-8-18(10-14-24(29)30)16-22(20)34-2;2*1-2/h7-16H,3-6H2,1-2H3,(H,27,28)(H,29,30);2*1-2H3/b13-9+,14-10+;;. The van der Waals surface area contributed by atoms with E-state index in [1.165, 1.54) is 38.5 Å². The lowest BCUT2D eigenvalue weighted by atomic mass is 10.1. The van der Waals surface area contributed by atoms with Gasteiger partial charge in [0.25, 0.3) is 0 Å². The van der Waals surface area contributed by atoms with Gasteiger partial charge in [-0.05, 0) is 60.4 Å². The van der Waals surface area contributed by atoms with Crippen LogP contribution in [0.4, 0.5) is 0 Å². The molecule has 0 unspecified atom stereocenters. The number of carboxylic acid groups (broad SMARTS) is 2. The number of carbonyl (C=O) groups excluding carboxylic acids is 2. The van der Waals surface area contributed by atoms with Crippen molar-refractivity contribution >= 4 is 36.0 Å². The Kier molecular flexibility index (Phi) is 18.0. The first-order valence-electron chi connectivity index (χ1n) is 12.8. The number of esters is 2. The first-order chi connectivity index (χ1) is 19.2. The van der Waals surface area contributed by atoms with Crippen LogP contribution in [-0.2, 0) is 19.2 Å². The van der Waals surface area contributed by atoms with E-state index in [4.69, 9.17) is 29.2 Å². The monoisotopic (exact) mass is 558 g/mol. The molecule has 10 heteroatoms. The summed E-state index contributed by atoms with van der Waals surface area (Å²) in [5, 5.41) is 17.4. The van der Waals surface area contributed by atoms with Crippen LogP contribution in [0.25, 0.3) is 12.2 Å². The van der Waals surface area contributed by atoms with Crippen molar-refractivity contribution < 1.29 is 48.3 Å². The zero-order valence-electron chi connectivity index (χ0n) is 23.8. The van der Waals surface area contributed by atoms with Gasteiger partial charge in [0.15, 0.2) is 23.0 Å². The number of hydrogen-bond acceptors (Lipinski definition) is 8. The van der Waals surface area contributed by atoms with E-state index in [9.17, 15) is 19.2 Å². The van der Waals surface area contributed by atoms with Crippen LogP contribution in [0.3, 0.4) is 0 Å². The van der Waals surface area contributed by atoms with Crippen molar-refractivity contribution in [2.75, 3.05) is 14.2 Å². The Labute approximate surface area is 234 Å². The maximum atomic E-state index is 12.2. The van der Waals surface area contributed by atoms with E-state index in [1.54, 1.807) is 24.3 Å². The SMILES string of the molecule is CC.CC.COc1cc(/C=C/C(=O)O)ccc1OC(=O)CCCCC(=O)Oc1ccc(/C=C/C(=O)O)cc1OC. The van der Waals surface area contributed by atoms with Gasteiger partial charge in [-0.1, -0.05) is 39.8 Å². The molecule has 10 nitrogen and oxygen atoms in total. The molecule has 2 N–H and O–H groups in total. The minimum absolute atomic E-state index is 0.0605. The summed E-state index contributed by atoms with van der Waals surface area (Å²) in [5.74, 6) is -2.25. The normalized spacial score (nSPS) is 10.1. The van der Waals surface area contributed by atoms with Gasteiger partial charge in [0.2, 0.25) is 0 Å². The van der Waals surface area contributed by atoms with Crippen molar-refractivity contribution in [3.8, 4) is 23.0 Å². The first kappa shape index (κ1) is 35.4. The molecule has 40 heavy (non-hydrogen) atoms. The Morgan fingerprint density at radius 3 is 1.27 bits per heavy atom. The molecule has 0 radical (unpaired) electrons. The van der Waals surface area contributed by atoms with E-state index >= 15 is 0 Å². The van der Waals surface area contributed by atoms with Gasteiger partial charge in [-0.2, -0.15) is 0 Å². The summed E-state index contributed by atoms with van der Waals surface area (Å²) in [4.78, 5) is 45.6. The minimum atomic E-state index is -1.09. The van der Waals surface area contributed by atoms with Crippen molar-refractivity contribution in [2.45, 2.75) is 53.4 Å². The number of hydrogen-bond donors (Lipinski definition) is 2. The molecule has 0 aliphatic rings. The van der Waals surface area contributed by atoms with E-state index in [-0.39, 0.29) is 35.8 Å². The van der Waals surface area contributed by atoms with Crippen LogP contribution in [-0.4, -0.2) is 48.3 Å². The van der Waals surface area contributed by atoms with Gasteiger partial charge in [-0.3, -0.25) is 9.59 Å². The summed E-state index contributed by atoms with van der Waals surface area (Å²) >= 11 is 0. The van der Waals surface area contributed by atoms with Crippen LogP contribution in [0.15, 0.2) is 48.6 Å². The number of rotatable bonds is 13. The van der Waals surface area contributed by atoms with E-state index in [0.29, 0.717) is 24.0 Å². The van der Waals surface area contributed by atoms with Crippen LogP contribution in [0.1, 0.15) is 64.5 Å². The number of methoxy groups -OCH3 is 2. The summed E-state index contributed by atoms with van der Waals surface area (Å²) in [5.41, 5.74) is 1.13. The largest absolute Gasteiger partial charge is 0.493 e. The third kappa shape index (κ3) is 13.8. The molecule has 0 fully saturated rings. The van der Waals surface area contributed by atoms with Crippen molar-refractivity contribution in [2.24, 2.45) is 0 Å². The average Bonchev–Trinajstić information content (AvgIpc) is 2.96. The van der Waals surface area contributed by atoms with E-state index in [1.807, 2.05) is 27.7 Å². The zero-order valence-corrected chi connectivity index (χ0v) is 23.8. The highest BCUT2D eigenvalue weighted by atomic mass is 16.6. The summed E-state index contributed by atoms with van der Waals surface area (Å²) in [7, 11) is 2.80. The minimum Gasteiger partial charge on any atom is -0.493 e. The molecule has 0 spiro atoms. The average molecular weight is 559 g/mol. The Morgan fingerprint density at radius 1 is 0.625 bits per heavy atom. The maximum absolute atomic E-state index is 12.2. The van der Waals surface area contributed by atoms with E-state index < -0.39 is 23.9 Å². The summed E-state index contributed by atoms with van der Waals surface area (Å²) in [6.07, 6.45) is 5.62. The van der Waals surface area contributed by atoms with Crippen molar-refractivity contribution in [3.05, 3.63) is 59.7 Å². The Morgan fingerprint density at radius 2 is 0.975 bits per heavy atom. The van der Waals surface area contributed by atoms with Gasteiger partial charge in [0.1, 0.15) is 0 Å². The first-order valence-corrected chi connectivity index (χ1v) is 12.8. The highest BCUT2D eigenvalue weighted by Crippen LogP contribution is 2.30. The third-order valence-electron chi connectivity index (χ3n) is 4.67. The summed E-state index contributed by atoms with van der Waals surface area (Å²) in [6, 6.07) is 9.27. The van der Waals surface area contributed by atoms with E-state index in [2.05, 4.69) is 0 Å². The fourth-order valence-corrected chi connectivity index (χ4v) is 2.97. The van der Waals surface area contributed by atoms with Gasteiger partial charge in [-0.15, -0.1) is 0 Å². The molecular weight excluding hydrogens is 520 g/mol. The summed E-state index contributed by atoms with van der Waals surface area (Å²) < 4.78 is 21.0. The molecule has 0 saturated carbocycles. The molecule has 2 rings (SSSR count). The van der Waals surface area contributed by atoms with Crippen LogP contribution in [0, 0.1) is 0 Å². The second-order valence-electron chi connectivity index (χ2n) is 7.32. The van der Waals surface area contributed by atoms with Crippen LogP contribution < -0.4 is 18.9 Å². The van der Waals surface area contributed by atoms with Crippen molar-refractivity contribution in [3.63, 3.8) is 0 Å². The topological polar surface area (TPSA) is 146 Å². The molecule has 0 amide bonds. The predicted octanol–water partition coefficient (Wildman–Crippen LogP) is 6.02. The molecule has 2 aromatic rings. The van der Waals surface area contributed by atoms with Gasteiger partial charge in [-0.25, -0.2) is 9.59 Å². The lowest BCUT2D eigenvalue weighted by molar-refractivity contribution is -0.136. The number of carboxylic acids is 2. The molecule has 0 saturated heterocycles. The van der Waals surface area contributed by atoms with Crippen LogP contribution >= 0.6 is 0 Å². The summed E-state index contributed by atoms with van der Waals surface area (Å²) in [6.45, 7) is 8.00. The smallest absolute Gasteiger partial charge is 0.328 e. The van der Waals surface area contributed by atoms with Crippen LogP contribution in [0.5, 0.6) is 23.0 Å². The highest BCUT2D eigenvalue weighted by Gasteiger charge is 2.13. The molecule has 0 heterocycles. The van der Waals surface area contributed by atoms with Gasteiger partial charge in [0.05, 0.1) is 14.2 Å². The maximum Gasteiger partial charge on any atom is 0.328 e.